The number of likely N-dealkylation sites (N-methyl/N-ethyl adjacent to an activating group) is 1. The first kappa shape index (κ1) is 16.4. The lowest BCUT2D eigenvalue weighted by Gasteiger charge is -2.25. The fourth-order valence-corrected chi connectivity index (χ4v) is 2.04. The van der Waals surface area contributed by atoms with Crippen molar-refractivity contribution in [3.63, 3.8) is 0 Å². The van der Waals surface area contributed by atoms with Crippen LogP contribution in [0, 0.1) is 5.82 Å². The highest BCUT2D eigenvalue weighted by Gasteiger charge is 2.18. The molecule has 19 heavy (non-hydrogen) atoms. The zero-order valence-electron chi connectivity index (χ0n) is 12.1. The minimum Gasteiger partial charge on any atom is -0.374 e. The third-order valence-electron chi connectivity index (χ3n) is 2.72. The van der Waals surface area contributed by atoms with Crippen molar-refractivity contribution in [3.05, 3.63) is 34.6 Å². The molecule has 2 nitrogen and oxygen atoms in total. The summed E-state index contributed by atoms with van der Waals surface area (Å²) >= 11 is 6.06. The molecule has 1 aromatic carbocycles. The predicted octanol–water partition coefficient (Wildman–Crippen LogP) is 3.81. The van der Waals surface area contributed by atoms with E-state index in [1.54, 1.807) is 12.1 Å². The van der Waals surface area contributed by atoms with Crippen molar-refractivity contribution in [1.29, 1.82) is 0 Å². The Morgan fingerprint density at radius 1 is 1.37 bits per heavy atom. The molecular weight excluding hydrogens is 265 g/mol. The van der Waals surface area contributed by atoms with Crippen LogP contribution in [0.4, 0.5) is 4.39 Å². The number of halogens is 2. The Kier molecular flexibility index (Phi) is 6.24. The van der Waals surface area contributed by atoms with Gasteiger partial charge in [-0.25, -0.2) is 4.39 Å². The minimum absolute atomic E-state index is 0.0543. The zero-order chi connectivity index (χ0) is 14.5. The van der Waals surface area contributed by atoms with Gasteiger partial charge in [0, 0.05) is 16.6 Å². The molecule has 0 amide bonds. The molecule has 0 spiro atoms. The molecule has 0 heterocycles. The summed E-state index contributed by atoms with van der Waals surface area (Å²) in [7, 11) is 0. The van der Waals surface area contributed by atoms with E-state index in [0.29, 0.717) is 23.6 Å². The van der Waals surface area contributed by atoms with Gasteiger partial charge in [0.2, 0.25) is 0 Å². The molecular formula is C15H23ClFNO. The van der Waals surface area contributed by atoms with Crippen molar-refractivity contribution < 1.29 is 9.13 Å². The highest BCUT2D eigenvalue weighted by Crippen LogP contribution is 2.21. The van der Waals surface area contributed by atoms with Gasteiger partial charge in [-0.2, -0.15) is 0 Å². The molecule has 108 valence electrons. The summed E-state index contributed by atoms with van der Waals surface area (Å²) in [6.45, 7) is 9.38. The Morgan fingerprint density at radius 2 is 2.05 bits per heavy atom. The molecule has 0 aliphatic rings. The molecule has 1 rings (SSSR count). The molecule has 1 N–H and O–H groups in total. The zero-order valence-corrected chi connectivity index (χ0v) is 12.9. The van der Waals surface area contributed by atoms with E-state index >= 15 is 0 Å². The molecule has 0 aliphatic carbocycles. The van der Waals surface area contributed by atoms with Crippen LogP contribution >= 0.6 is 11.6 Å². The summed E-state index contributed by atoms with van der Waals surface area (Å²) in [6, 6.07) is 4.83. The third-order valence-corrected chi connectivity index (χ3v) is 3.08. The monoisotopic (exact) mass is 287 g/mol. The van der Waals surface area contributed by atoms with Crippen LogP contribution in [-0.4, -0.2) is 24.8 Å². The highest BCUT2D eigenvalue weighted by atomic mass is 35.5. The van der Waals surface area contributed by atoms with E-state index in [9.17, 15) is 4.39 Å². The van der Waals surface area contributed by atoms with Crippen LogP contribution in [0.3, 0.4) is 0 Å². The molecule has 1 aromatic rings. The standard InChI is InChI=1S/C15H23ClFNO/c1-5-18-11(10-19-15(2,3)4)9-12-13(16)7-6-8-14(12)17/h6-8,11,18H,5,9-10H2,1-4H3. The lowest BCUT2D eigenvalue weighted by Crippen LogP contribution is -2.38. The Labute approximate surface area is 120 Å². The molecule has 0 saturated heterocycles. The number of benzene rings is 1. The average Bonchev–Trinajstić information content (AvgIpc) is 2.30. The van der Waals surface area contributed by atoms with Crippen LogP contribution in [0.15, 0.2) is 18.2 Å². The first-order valence-electron chi connectivity index (χ1n) is 6.63. The summed E-state index contributed by atoms with van der Waals surface area (Å²) in [5.74, 6) is -0.258. The third kappa shape index (κ3) is 5.89. The van der Waals surface area contributed by atoms with Crippen molar-refractivity contribution in [2.75, 3.05) is 13.2 Å². The largest absolute Gasteiger partial charge is 0.374 e. The van der Waals surface area contributed by atoms with Crippen molar-refractivity contribution in [2.24, 2.45) is 0 Å². The number of rotatable bonds is 6. The van der Waals surface area contributed by atoms with Crippen molar-refractivity contribution in [2.45, 2.75) is 45.8 Å². The maximum atomic E-state index is 13.8. The Bertz CT molecular complexity index is 383. The fraction of sp³-hybridized carbons (Fsp3) is 0.600. The molecule has 0 fully saturated rings. The summed E-state index contributed by atoms with van der Waals surface area (Å²) < 4.78 is 19.5. The second-order valence-corrected chi connectivity index (χ2v) is 5.99. The normalized spacial score (nSPS) is 13.6. The lowest BCUT2D eigenvalue weighted by atomic mass is 10.1. The molecule has 1 unspecified atom stereocenters. The fourth-order valence-electron chi connectivity index (χ4n) is 1.80. The van der Waals surface area contributed by atoms with Gasteiger partial charge in [-0.15, -0.1) is 0 Å². The van der Waals surface area contributed by atoms with Gasteiger partial charge < -0.3 is 10.1 Å². The maximum Gasteiger partial charge on any atom is 0.127 e. The number of hydrogen-bond donors (Lipinski definition) is 1. The molecule has 0 bridgehead atoms. The smallest absolute Gasteiger partial charge is 0.127 e. The van der Waals surface area contributed by atoms with Gasteiger partial charge in [0.1, 0.15) is 5.82 Å². The Hall–Kier alpha value is -0.640. The van der Waals surface area contributed by atoms with Crippen molar-refractivity contribution in [1.82, 2.24) is 5.32 Å². The van der Waals surface area contributed by atoms with Crippen LogP contribution < -0.4 is 5.32 Å². The van der Waals surface area contributed by atoms with Crippen LogP contribution in [0.5, 0.6) is 0 Å². The molecule has 0 aromatic heterocycles. The van der Waals surface area contributed by atoms with Crippen LogP contribution in [0.2, 0.25) is 5.02 Å². The number of hydrogen-bond acceptors (Lipinski definition) is 2. The molecule has 0 saturated carbocycles. The van der Waals surface area contributed by atoms with E-state index in [2.05, 4.69) is 5.32 Å². The first-order chi connectivity index (χ1) is 8.83. The van der Waals surface area contributed by atoms with E-state index in [1.807, 2.05) is 27.7 Å². The Morgan fingerprint density at radius 3 is 2.58 bits per heavy atom. The summed E-state index contributed by atoms with van der Waals surface area (Å²) in [5.41, 5.74) is 0.347. The number of ether oxygens (including phenoxy) is 1. The summed E-state index contributed by atoms with van der Waals surface area (Å²) in [4.78, 5) is 0. The van der Waals surface area contributed by atoms with Gasteiger partial charge in [0.05, 0.1) is 12.2 Å². The number of nitrogens with one attached hydrogen (secondary N) is 1. The molecule has 4 heteroatoms. The minimum atomic E-state index is -0.258. The van der Waals surface area contributed by atoms with Gasteiger partial charge in [0.15, 0.2) is 0 Å². The van der Waals surface area contributed by atoms with Gasteiger partial charge in [-0.05, 0) is 45.9 Å². The lowest BCUT2D eigenvalue weighted by molar-refractivity contribution is -0.0142. The van der Waals surface area contributed by atoms with Crippen molar-refractivity contribution in [3.8, 4) is 0 Å². The summed E-state index contributed by atoms with van der Waals surface area (Å²) in [6.07, 6.45) is 0.523. The maximum absolute atomic E-state index is 13.8. The second-order valence-electron chi connectivity index (χ2n) is 5.58. The average molecular weight is 288 g/mol. The van der Waals surface area contributed by atoms with E-state index < -0.39 is 0 Å². The van der Waals surface area contributed by atoms with Gasteiger partial charge in [-0.1, -0.05) is 24.6 Å². The van der Waals surface area contributed by atoms with E-state index in [1.165, 1.54) is 6.07 Å². The topological polar surface area (TPSA) is 21.3 Å². The van der Waals surface area contributed by atoms with Crippen molar-refractivity contribution >= 4 is 11.6 Å². The van der Waals surface area contributed by atoms with Gasteiger partial charge >= 0.3 is 0 Å². The second kappa shape index (κ2) is 7.22. The van der Waals surface area contributed by atoms with Gasteiger partial charge in [-0.3, -0.25) is 0 Å². The first-order valence-corrected chi connectivity index (χ1v) is 7.01. The highest BCUT2D eigenvalue weighted by molar-refractivity contribution is 6.31. The van der Waals surface area contributed by atoms with Crippen LogP contribution in [0.1, 0.15) is 33.3 Å². The van der Waals surface area contributed by atoms with E-state index in [-0.39, 0.29) is 17.5 Å². The van der Waals surface area contributed by atoms with E-state index in [0.717, 1.165) is 6.54 Å². The SMILES string of the molecule is CCNC(COC(C)(C)C)Cc1c(F)cccc1Cl. The van der Waals surface area contributed by atoms with E-state index in [4.69, 9.17) is 16.3 Å². The van der Waals surface area contributed by atoms with Gasteiger partial charge in [0.25, 0.3) is 0 Å². The molecule has 0 radical (unpaired) electrons. The van der Waals surface area contributed by atoms with Crippen LogP contribution in [0.25, 0.3) is 0 Å². The quantitative estimate of drug-likeness (QED) is 0.859. The predicted molar refractivity (Wildman–Crippen MR) is 78.3 cm³/mol. The Balaban J connectivity index is 2.72. The summed E-state index contributed by atoms with van der Waals surface area (Å²) in [5, 5.41) is 3.78. The van der Waals surface area contributed by atoms with Crippen LogP contribution in [-0.2, 0) is 11.2 Å². The molecule has 0 aliphatic heterocycles. The molecule has 1 atom stereocenters.